The van der Waals surface area contributed by atoms with E-state index in [1.54, 1.807) is 6.20 Å². The quantitative estimate of drug-likeness (QED) is 0.702. The van der Waals surface area contributed by atoms with Crippen molar-refractivity contribution < 1.29 is 9.47 Å². The molecule has 2 fully saturated rings. The van der Waals surface area contributed by atoms with E-state index >= 15 is 0 Å². The van der Waals surface area contributed by atoms with Crippen LogP contribution in [0.25, 0.3) is 22.2 Å². The number of hydrogen-bond donors (Lipinski definition) is 1. The summed E-state index contributed by atoms with van der Waals surface area (Å²) >= 11 is 0. The summed E-state index contributed by atoms with van der Waals surface area (Å²) in [6.45, 7) is 6.36. The third-order valence-corrected chi connectivity index (χ3v) is 6.02. The lowest BCUT2D eigenvalue weighted by Crippen LogP contribution is -2.36. The van der Waals surface area contributed by atoms with Crippen LogP contribution in [0.3, 0.4) is 0 Å². The minimum Gasteiger partial charge on any atom is -0.476 e. The van der Waals surface area contributed by atoms with E-state index in [1.807, 2.05) is 6.07 Å². The molecule has 0 bridgehead atoms. The van der Waals surface area contributed by atoms with Gasteiger partial charge in [-0.2, -0.15) is 0 Å². The zero-order valence-electron chi connectivity index (χ0n) is 17.2. The Hall–Kier alpha value is -2.70. The lowest BCUT2D eigenvalue weighted by molar-refractivity contribution is 0.122. The summed E-state index contributed by atoms with van der Waals surface area (Å²) in [5, 5.41) is 3.39. The number of aromatic nitrogens is 2. The molecular formula is C24H28N4O2. The van der Waals surface area contributed by atoms with Gasteiger partial charge in [0.2, 0.25) is 5.88 Å². The van der Waals surface area contributed by atoms with Crippen molar-refractivity contribution in [2.45, 2.75) is 12.8 Å². The summed E-state index contributed by atoms with van der Waals surface area (Å²) in [5.74, 6) is 1.21. The van der Waals surface area contributed by atoms with Gasteiger partial charge in [-0.1, -0.05) is 18.2 Å². The second-order valence-electron chi connectivity index (χ2n) is 8.06. The Morgan fingerprint density at radius 1 is 0.967 bits per heavy atom. The lowest BCUT2D eigenvalue weighted by Gasteiger charge is -2.28. The molecule has 0 amide bonds. The van der Waals surface area contributed by atoms with Gasteiger partial charge in [0.15, 0.2) is 0 Å². The highest BCUT2D eigenvalue weighted by atomic mass is 16.5. The molecule has 5 rings (SSSR count). The fraction of sp³-hybridized carbons (Fsp3) is 0.417. The average molecular weight is 405 g/mol. The van der Waals surface area contributed by atoms with Crippen molar-refractivity contribution >= 4 is 16.7 Å². The maximum absolute atomic E-state index is 5.96. The second kappa shape index (κ2) is 8.98. The Balaban J connectivity index is 1.31. The molecule has 6 nitrogen and oxygen atoms in total. The Morgan fingerprint density at radius 3 is 2.53 bits per heavy atom. The van der Waals surface area contributed by atoms with Crippen LogP contribution in [-0.4, -0.2) is 56.0 Å². The standard InChI is InChI=1S/C24H28N4O2/c1-4-21(28-11-13-29-14-12-28)5-2-19(1)20-3-6-22-23(15-20)27-24(16-26-22)30-17-18-7-9-25-10-8-18/h1-6,15-16,18,25H,7-14,17H2. The Labute approximate surface area is 177 Å². The number of fused-ring (bicyclic) bond motifs is 1. The molecule has 6 heteroatoms. The highest BCUT2D eigenvalue weighted by Crippen LogP contribution is 2.27. The van der Waals surface area contributed by atoms with Gasteiger partial charge in [-0.25, -0.2) is 9.97 Å². The van der Waals surface area contributed by atoms with Gasteiger partial charge < -0.3 is 19.7 Å². The van der Waals surface area contributed by atoms with Crippen molar-refractivity contribution in [2.75, 3.05) is 50.9 Å². The van der Waals surface area contributed by atoms with Crippen molar-refractivity contribution in [3.8, 4) is 17.0 Å². The number of morpholine rings is 1. The molecule has 0 atom stereocenters. The number of nitrogens with zero attached hydrogens (tertiary/aromatic N) is 3. The van der Waals surface area contributed by atoms with Crippen molar-refractivity contribution in [1.29, 1.82) is 0 Å². The first-order chi connectivity index (χ1) is 14.8. The van der Waals surface area contributed by atoms with E-state index < -0.39 is 0 Å². The zero-order valence-corrected chi connectivity index (χ0v) is 17.2. The van der Waals surface area contributed by atoms with Gasteiger partial charge in [0.25, 0.3) is 0 Å². The summed E-state index contributed by atoms with van der Waals surface area (Å²) < 4.78 is 11.4. The largest absolute Gasteiger partial charge is 0.476 e. The molecule has 2 saturated heterocycles. The van der Waals surface area contributed by atoms with E-state index in [9.17, 15) is 0 Å². The first kappa shape index (κ1) is 19.3. The van der Waals surface area contributed by atoms with Gasteiger partial charge in [0.1, 0.15) is 0 Å². The highest BCUT2D eigenvalue weighted by Gasteiger charge is 2.14. The minimum absolute atomic E-state index is 0.597. The maximum Gasteiger partial charge on any atom is 0.232 e. The van der Waals surface area contributed by atoms with Gasteiger partial charge in [-0.05, 0) is 67.2 Å². The molecule has 3 heterocycles. The number of piperidine rings is 1. The van der Waals surface area contributed by atoms with E-state index in [2.05, 4.69) is 51.6 Å². The molecule has 1 N–H and O–H groups in total. The van der Waals surface area contributed by atoms with Crippen LogP contribution in [0.4, 0.5) is 5.69 Å². The second-order valence-corrected chi connectivity index (χ2v) is 8.06. The summed E-state index contributed by atoms with van der Waals surface area (Å²) in [6.07, 6.45) is 4.05. The number of rotatable bonds is 5. The van der Waals surface area contributed by atoms with E-state index in [0.29, 0.717) is 18.4 Å². The SMILES string of the molecule is c1cc(N2CCOCC2)ccc1-c1ccc2ncc(OCC3CCNCC3)nc2c1. The summed E-state index contributed by atoms with van der Waals surface area (Å²) in [6, 6.07) is 15.0. The normalized spacial score (nSPS) is 17.9. The predicted molar refractivity (Wildman–Crippen MR) is 119 cm³/mol. The monoisotopic (exact) mass is 404 g/mol. The number of anilines is 1. The fourth-order valence-corrected chi connectivity index (χ4v) is 4.18. The number of ether oxygens (including phenoxy) is 2. The summed E-state index contributed by atoms with van der Waals surface area (Å²) in [4.78, 5) is 11.6. The zero-order chi connectivity index (χ0) is 20.2. The molecule has 3 aromatic rings. The topological polar surface area (TPSA) is 59.5 Å². The number of nitrogens with one attached hydrogen (secondary N) is 1. The Bertz CT molecular complexity index is 980. The molecule has 0 unspecified atom stereocenters. The van der Waals surface area contributed by atoms with Gasteiger partial charge in [-0.15, -0.1) is 0 Å². The highest BCUT2D eigenvalue weighted by molar-refractivity contribution is 5.81. The molecule has 0 aliphatic carbocycles. The van der Waals surface area contributed by atoms with Crippen LogP contribution < -0.4 is 15.0 Å². The van der Waals surface area contributed by atoms with Crippen LogP contribution in [0.1, 0.15) is 12.8 Å². The molecule has 156 valence electrons. The third-order valence-electron chi connectivity index (χ3n) is 6.02. The summed E-state index contributed by atoms with van der Waals surface area (Å²) in [5.41, 5.74) is 5.32. The van der Waals surface area contributed by atoms with Crippen LogP contribution in [0.5, 0.6) is 5.88 Å². The van der Waals surface area contributed by atoms with Crippen molar-refractivity contribution in [1.82, 2.24) is 15.3 Å². The van der Waals surface area contributed by atoms with E-state index in [1.165, 1.54) is 11.3 Å². The predicted octanol–water partition coefficient (Wildman–Crippen LogP) is 3.51. The molecule has 2 aliphatic heterocycles. The maximum atomic E-state index is 5.96. The summed E-state index contributed by atoms with van der Waals surface area (Å²) in [7, 11) is 0. The lowest BCUT2D eigenvalue weighted by atomic mass is 9.99. The van der Waals surface area contributed by atoms with Gasteiger partial charge in [-0.3, -0.25) is 0 Å². The van der Waals surface area contributed by atoms with Gasteiger partial charge in [0, 0.05) is 18.8 Å². The molecule has 30 heavy (non-hydrogen) atoms. The van der Waals surface area contributed by atoms with Crippen molar-refractivity contribution in [2.24, 2.45) is 5.92 Å². The van der Waals surface area contributed by atoms with Gasteiger partial charge in [0.05, 0.1) is 37.1 Å². The van der Waals surface area contributed by atoms with Crippen LogP contribution >= 0.6 is 0 Å². The number of hydrogen-bond acceptors (Lipinski definition) is 6. The van der Waals surface area contributed by atoms with Crippen molar-refractivity contribution in [3.63, 3.8) is 0 Å². The Kier molecular flexibility index (Phi) is 5.77. The van der Waals surface area contributed by atoms with E-state index in [0.717, 1.165) is 68.8 Å². The third kappa shape index (κ3) is 4.40. The minimum atomic E-state index is 0.597. The van der Waals surface area contributed by atoms with Crippen molar-refractivity contribution in [3.05, 3.63) is 48.7 Å². The smallest absolute Gasteiger partial charge is 0.232 e. The first-order valence-corrected chi connectivity index (χ1v) is 10.9. The Morgan fingerprint density at radius 2 is 1.73 bits per heavy atom. The van der Waals surface area contributed by atoms with Crippen LogP contribution in [0, 0.1) is 5.92 Å². The molecule has 0 saturated carbocycles. The molecule has 2 aliphatic rings. The molecular weight excluding hydrogens is 376 g/mol. The molecule has 1 aromatic heterocycles. The first-order valence-electron chi connectivity index (χ1n) is 10.9. The van der Waals surface area contributed by atoms with E-state index in [4.69, 9.17) is 14.5 Å². The fourth-order valence-electron chi connectivity index (χ4n) is 4.18. The van der Waals surface area contributed by atoms with Gasteiger partial charge >= 0.3 is 0 Å². The molecule has 0 spiro atoms. The van der Waals surface area contributed by atoms with Crippen LogP contribution in [-0.2, 0) is 4.74 Å². The van der Waals surface area contributed by atoms with Crippen LogP contribution in [0.15, 0.2) is 48.7 Å². The molecule has 0 radical (unpaired) electrons. The number of benzene rings is 2. The average Bonchev–Trinajstić information content (AvgIpc) is 2.83. The molecule has 2 aromatic carbocycles. The van der Waals surface area contributed by atoms with E-state index in [-0.39, 0.29) is 0 Å². The van der Waals surface area contributed by atoms with Crippen LogP contribution in [0.2, 0.25) is 0 Å².